The van der Waals surface area contributed by atoms with E-state index >= 15 is 0 Å². The van der Waals surface area contributed by atoms with E-state index in [2.05, 4.69) is 5.32 Å². The van der Waals surface area contributed by atoms with Crippen LogP contribution in [0, 0.1) is 24.2 Å². The minimum atomic E-state index is -4.60. The molecule has 1 amide bonds. The minimum Gasteiger partial charge on any atom is -0.457 e. The van der Waals surface area contributed by atoms with Gasteiger partial charge in [-0.05, 0) is 67.1 Å². The number of Topliss-reactive ketones (excluding diaryl/α,β-unsaturated/α-hetero) is 1. The monoisotopic (exact) mass is 506 g/mol. The molecule has 186 valence electrons. The zero-order chi connectivity index (χ0) is 26.7. The van der Waals surface area contributed by atoms with Crippen LogP contribution in [0.15, 0.2) is 66.7 Å². The molecule has 3 aromatic rings. The molecule has 0 saturated heterocycles. The summed E-state index contributed by atoms with van der Waals surface area (Å²) in [5.74, 6) is -3.37. The fourth-order valence-electron chi connectivity index (χ4n) is 3.12. The summed E-state index contributed by atoms with van der Waals surface area (Å²) < 4.78 is 81.7. The molecule has 36 heavy (non-hydrogen) atoms. The number of nitrogens with one attached hydrogen (secondary N) is 1. The normalized spacial score (nSPS) is 12.4. The number of carbonyl (C=O) groups is 2. The van der Waals surface area contributed by atoms with Crippen LogP contribution < -0.4 is 10.1 Å². The predicted molar refractivity (Wildman–Crippen MR) is 116 cm³/mol. The molecule has 11 heteroatoms. The van der Waals surface area contributed by atoms with Gasteiger partial charge in [-0.3, -0.25) is 9.59 Å². The lowest BCUT2D eigenvalue weighted by atomic mass is 9.97. The molecule has 3 aromatic carbocycles. The first-order valence-corrected chi connectivity index (χ1v) is 10.2. The Morgan fingerprint density at radius 2 is 1.33 bits per heavy atom. The number of alkyl halides is 6. The van der Waals surface area contributed by atoms with E-state index in [4.69, 9.17) is 4.74 Å². The van der Waals surface area contributed by atoms with Crippen molar-refractivity contribution in [3.05, 3.63) is 89.0 Å². The van der Waals surface area contributed by atoms with E-state index in [1.54, 1.807) is 13.0 Å². The Kier molecular flexibility index (Phi) is 7.38. The van der Waals surface area contributed by atoms with Crippen molar-refractivity contribution in [3.63, 3.8) is 0 Å². The summed E-state index contributed by atoms with van der Waals surface area (Å²) in [5, 5.41) is 11.8. The number of nitrogens with zero attached hydrogens (tertiary/aromatic N) is 1. The van der Waals surface area contributed by atoms with E-state index < -0.39 is 41.1 Å². The van der Waals surface area contributed by atoms with E-state index in [0.717, 1.165) is 36.4 Å². The highest BCUT2D eigenvalue weighted by Crippen LogP contribution is 2.32. The molecule has 0 aliphatic carbocycles. The highest BCUT2D eigenvalue weighted by Gasteiger charge is 2.32. The van der Waals surface area contributed by atoms with Crippen LogP contribution in [0.3, 0.4) is 0 Å². The Labute approximate surface area is 200 Å². The van der Waals surface area contributed by atoms with Crippen molar-refractivity contribution in [1.82, 2.24) is 0 Å². The molecule has 0 aliphatic rings. The van der Waals surface area contributed by atoms with Crippen molar-refractivity contribution < 1.29 is 40.7 Å². The molecule has 5 nitrogen and oxygen atoms in total. The van der Waals surface area contributed by atoms with Gasteiger partial charge in [0.25, 0.3) is 0 Å². The number of carbonyl (C=O) groups excluding carboxylic acids is 2. The van der Waals surface area contributed by atoms with Gasteiger partial charge in [-0.15, -0.1) is 0 Å². The third-order valence-electron chi connectivity index (χ3n) is 5.02. The van der Waals surface area contributed by atoms with Crippen LogP contribution >= 0.6 is 0 Å². The highest BCUT2D eigenvalue weighted by atomic mass is 19.4. The molecule has 0 aliphatic heterocycles. The number of rotatable bonds is 6. The fourth-order valence-corrected chi connectivity index (χ4v) is 3.12. The summed E-state index contributed by atoms with van der Waals surface area (Å²) in [5.41, 5.74) is -1.37. The summed E-state index contributed by atoms with van der Waals surface area (Å²) in [6.45, 7) is 1.58. The average Bonchev–Trinajstić information content (AvgIpc) is 2.80. The number of hydrogen-bond acceptors (Lipinski definition) is 4. The molecule has 0 radical (unpaired) electrons. The molecule has 0 heterocycles. The summed E-state index contributed by atoms with van der Waals surface area (Å²) in [7, 11) is 0. The number of benzene rings is 3. The summed E-state index contributed by atoms with van der Waals surface area (Å²) in [6, 6.07) is 13.0. The Hall–Kier alpha value is -4.33. The lowest BCUT2D eigenvalue weighted by Crippen LogP contribution is -2.29. The molecule has 0 bridgehead atoms. The average molecular weight is 506 g/mol. The zero-order valence-corrected chi connectivity index (χ0v) is 18.4. The Morgan fingerprint density at radius 1 is 0.833 bits per heavy atom. The van der Waals surface area contributed by atoms with Crippen LogP contribution in [0.5, 0.6) is 11.5 Å². The first-order valence-electron chi connectivity index (χ1n) is 10.2. The van der Waals surface area contributed by atoms with Crippen molar-refractivity contribution in [2.75, 3.05) is 5.32 Å². The van der Waals surface area contributed by atoms with Gasteiger partial charge in [0.05, 0.1) is 17.2 Å². The third-order valence-corrected chi connectivity index (χ3v) is 5.02. The summed E-state index contributed by atoms with van der Waals surface area (Å²) in [6.07, 6.45) is -9.09. The van der Waals surface area contributed by atoms with Crippen LogP contribution in [0.1, 0.15) is 27.0 Å². The smallest absolute Gasteiger partial charge is 0.416 e. The SMILES string of the molecule is Cc1cc(Oc2ccc(C(F)(F)F)cc2)ccc1NC(=O)C(C#N)C(=O)c1ccc(C(F)(F)F)cc1. The molecule has 1 N–H and O–H groups in total. The summed E-state index contributed by atoms with van der Waals surface area (Å²) >= 11 is 0. The van der Waals surface area contributed by atoms with Crippen molar-refractivity contribution in [1.29, 1.82) is 5.26 Å². The Morgan fingerprint density at radius 3 is 1.81 bits per heavy atom. The highest BCUT2D eigenvalue weighted by molar-refractivity contribution is 6.15. The van der Waals surface area contributed by atoms with Gasteiger partial charge in [-0.25, -0.2) is 0 Å². The van der Waals surface area contributed by atoms with Crippen LogP contribution in [-0.2, 0) is 17.1 Å². The van der Waals surface area contributed by atoms with E-state index in [1.165, 1.54) is 18.2 Å². The van der Waals surface area contributed by atoms with Crippen LogP contribution in [0.2, 0.25) is 0 Å². The quantitative estimate of drug-likeness (QED) is 0.227. The van der Waals surface area contributed by atoms with Crippen molar-refractivity contribution in [2.24, 2.45) is 5.92 Å². The topological polar surface area (TPSA) is 79.2 Å². The number of hydrogen-bond donors (Lipinski definition) is 1. The van der Waals surface area contributed by atoms with E-state index in [1.807, 2.05) is 0 Å². The van der Waals surface area contributed by atoms with E-state index in [-0.39, 0.29) is 22.7 Å². The second-order valence-corrected chi connectivity index (χ2v) is 7.59. The van der Waals surface area contributed by atoms with Gasteiger partial charge in [0.2, 0.25) is 5.91 Å². The van der Waals surface area contributed by atoms with Crippen molar-refractivity contribution in [3.8, 4) is 17.6 Å². The molecular formula is C25H16F6N2O3. The largest absolute Gasteiger partial charge is 0.457 e. The molecule has 0 spiro atoms. The van der Waals surface area contributed by atoms with Crippen molar-refractivity contribution in [2.45, 2.75) is 19.3 Å². The van der Waals surface area contributed by atoms with Gasteiger partial charge in [-0.1, -0.05) is 12.1 Å². The molecule has 3 rings (SSSR count). The first-order chi connectivity index (χ1) is 16.8. The second kappa shape index (κ2) is 10.1. The lowest BCUT2D eigenvalue weighted by molar-refractivity contribution is -0.138. The predicted octanol–water partition coefficient (Wildman–Crippen LogP) is 6.79. The molecule has 0 fully saturated rings. The Bertz CT molecular complexity index is 1310. The lowest BCUT2D eigenvalue weighted by Gasteiger charge is -2.14. The molecule has 1 atom stereocenters. The zero-order valence-electron chi connectivity index (χ0n) is 18.4. The van der Waals surface area contributed by atoms with Crippen molar-refractivity contribution >= 4 is 17.4 Å². The maximum absolute atomic E-state index is 12.7. The van der Waals surface area contributed by atoms with Crippen LogP contribution in [0.25, 0.3) is 0 Å². The number of amides is 1. The number of aryl methyl sites for hydroxylation is 1. The van der Waals surface area contributed by atoms with E-state index in [9.17, 15) is 41.2 Å². The van der Waals surface area contributed by atoms with Gasteiger partial charge in [-0.2, -0.15) is 31.6 Å². The third kappa shape index (κ3) is 6.21. The summed E-state index contributed by atoms with van der Waals surface area (Å²) in [4.78, 5) is 25.1. The number of ether oxygens (including phenoxy) is 1. The number of anilines is 1. The maximum Gasteiger partial charge on any atom is 0.416 e. The number of ketones is 1. The van der Waals surface area contributed by atoms with Gasteiger partial charge in [0, 0.05) is 11.3 Å². The van der Waals surface area contributed by atoms with Gasteiger partial charge in [0.1, 0.15) is 11.5 Å². The maximum atomic E-state index is 12.7. The Balaban J connectivity index is 1.70. The van der Waals surface area contributed by atoms with Crippen LogP contribution in [-0.4, -0.2) is 11.7 Å². The number of halogens is 6. The molecule has 1 unspecified atom stereocenters. The van der Waals surface area contributed by atoms with Crippen LogP contribution in [0.4, 0.5) is 32.0 Å². The standard InChI is InChI=1S/C25H16F6N2O3/c1-14-12-19(36-18-8-6-17(7-9-18)25(29,30)31)10-11-21(14)33-23(35)20(13-32)22(34)15-2-4-16(5-3-15)24(26,27)28/h2-12,20H,1H3,(H,33,35). The molecule has 0 saturated carbocycles. The number of nitriles is 1. The minimum absolute atomic E-state index is 0.144. The molecular weight excluding hydrogens is 490 g/mol. The van der Waals surface area contributed by atoms with Gasteiger partial charge < -0.3 is 10.1 Å². The first kappa shape index (κ1) is 26.3. The fraction of sp³-hybridized carbons (Fsp3) is 0.160. The van der Waals surface area contributed by atoms with Gasteiger partial charge in [0.15, 0.2) is 11.7 Å². The van der Waals surface area contributed by atoms with E-state index in [0.29, 0.717) is 17.7 Å². The van der Waals surface area contributed by atoms with Gasteiger partial charge >= 0.3 is 12.4 Å². The molecule has 0 aromatic heterocycles. The second-order valence-electron chi connectivity index (χ2n) is 7.59.